The van der Waals surface area contributed by atoms with Gasteiger partial charge in [-0.1, -0.05) is 12.2 Å². The zero-order valence-corrected chi connectivity index (χ0v) is 4.29. The molecule has 0 saturated heterocycles. The van der Waals surface area contributed by atoms with Crippen LogP contribution in [0.15, 0.2) is 0 Å². The van der Waals surface area contributed by atoms with Gasteiger partial charge in [0.2, 0.25) is 0 Å². The lowest BCUT2D eigenvalue weighted by Crippen LogP contribution is -2.13. The van der Waals surface area contributed by atoms with Gasteiger partial charge in [0.25, 0.3) is 0 Å². The minimum Gasteiger partial charge on any atom is -0.393 e. The van der Waals surface area contributed by atoms with Crippen molar-refractivity contribution in [3.63, 3.8) is 0 Å². The summed E-state index contributed by atoms with van der Waals surface area (Å²) in [6.45, 7) is 0.565. The zero-order chi connectivity index (χ0) is 4.99. The van der Waals surface area contributed by atoms with Crippen LogP contribution in [-0.2, 0) is 0 Å². The summed E-state index contributed by atoms with van der Waals surface area (Å²) in [7, 11) is 0. The second kappa shape index (κ2) is 3.06. The molecule has 0 aromatic rings. The van der Waals surface area contributed by atoms with Crippen molar-refractivity contribution in [1.29, 1.82) is 0 Å². The SMILES string of the molecule is NCCC(N)=S. The number of hydrogen-bond acceptors (Lipinski definition) is 2. The fraction of sp³-hybridized carbons (Fsp3) is 0.667. The third-order valence-corrected chi connectivity index (χ3v) is 0.595. The maximum absolute atomic E-state index is 5.06. The first-order valence-electron chi connectivity index (χ1n) is 1.75. The minimum absolute atomic E-state index is 0.498. The van der Waals surface area contributed by atoms with Crippen LogP contribution in [0.2, 0.25) is 0 Å². The molecular weight excluding hydrogens is 96.1 g/mol. The highest BCUT2D eigenvalue weighted by Gasteiger charge is 1.79. The summed E-state index contributed by atoms with van der Waals surface area (Å²) in [6, 6.07) is 0. The Morgan fingerprint density at radius 3 is 2.17 bits per heavy atom. The van der Waals surface area contributed by atoms with Crippen LogP contribution in [0, 0.1) is 0 Å². The van der Waals surface area contributed by atoms with Crippen molar-refractivity contribution in [2.75, 3.05) is 6.54 Å². The first-order valence-corrected chi connectivity index (χ1v) is 2.16. The van der Waals surface area contributed by atoms with Gasteiger partial charge in [0.1, 0.15) is 0 Å². The molecule has 0 saturated carbocycles. The third-order valence-electron chi connectivity index (χ3n) is 0.391. The predicted octanol–water partition coefficient (Wildman–Crippen LogP) is -0.379. The number of thiocarbonyl (C=S) groups is 1. The maximum atomic E-state index is 5.06. The fourth-order valence-corrected chi connectivity index (χ4v) is 0.260. The lowest BCUT2D eigenvalue weighted by atomic mass is 10.4. The molecule has 0 radical (unpaired) electrons. The monoisotopic (exact) mass is 104 g/mol. The van der Waals surface area contributed by atoms with E-state index in [9.17, 15) is 0 Å². The molecule has 36 valence electrons. The maximum Gasteiger partial charge on any atom is 0.0740 e. The van der Waals surface area contributed by atoms with Crippen molar-refractivity contribution in [3.05, 3.63) is 0 Å². The highest BCUT2D eigenvalue weighted by atomic mass is 32.1. The molecule has 4 N–H and O–H groups in total. The van der Waals surface area contributed by atoms with Crippen LogP contribution >= 0.6 is 12.2 Å². The van der Waals surface area contributed by atoms with Crippen molar-refractivity contribution < 1.29 is 0 Å². The number of hydrogen-bond donors (Lipinski definition) is 2. The van der Waals surface area contributed by atoms with E-state index < -0.39 is 0 Å². The Kier molecular flexibility index (Phi) is 2.98. The van der Waals surface area contributed by atoms with Crippen LogP contribution in [0.25, 0.3) is 0 Å². The first-order chi connectivity index (χ1) is 2.77. The topological polar surface area (TPSA) is 52.0 Å². The Bertz CT molecular complexity index is 52.8. The average molecular weight is 104 g/mol. The van der Waals surface area contributed by atoms with Crippen molar-refractivity contribution in [3.8, 4) is 0 Å². The normalized spacial score (nSPS) is 8.17. The molecule has 0 unspecified atom stereocenters. The zero-order valence-electron chi connectivity index (χ0n) is 3.48. The molecule has 3 heteroatoms. The second-order valence-corrected chi connectivity index (χ2v) is 1.53. The van der Waals surface area contributed by atoms with E-state index in [-0.39, 0.29) is 0 Å². The van der Waals surface area contributed by atoms with Gasteiger partial charge in [-0.25, -0.2) is 0 Å². The Hall–Kier alpha value is -0.150. The van der Waals surface area contributed by atoms with Crippen LogP contribution < -0.4 is 11.5 Å². The molecule has 0 aliphatic heterocycles. The van der Waals surface area contributed by atoms with E-state index in [4.69, 9.17) is 11.5 Å². The van der Waals surface area contributed by atoms with E-state index in [2.05, 4.69) is 12.2 Å². The smallest absolute Gasteiger partial charge is 0.0740 e. The van der Waals surface area contributed by atoms with Gasteiger partial charge < -0.3 is 11.5 Å². The van der Waals surface area contributed by atoms with Crippen LogP contribution in [0.1, 0.15) is 6.42 Å². The number of rotatable bonds is 2. The van der Waals surface area contributed by atoms with E-state index in [1.807, 2.05) is 0 Å². The Balaban J connectivity index is 2.83. The quantitative estimate of drug-likeness (QED) is 0.470. The Morgan fingerprint density at radius 2 is 2.17 bits per heavy atom. The Morgan fingerprint density at radius 1 is 1.67 bits per heavy atom. The standard InChI is InChI=1S/C3H8N2S/c4-2-1-3(5)6/h1-2,4H2,(H2,5,6). The van der Waals surface area contributed by atoms with Crippen molar-refractivity contribution in [2.45, 2.75) is 6.42 Å². The van der Waals surface area contributed by atoms with E-state index >= 15 is 0 Å². The van der Waals surface area contributed by atoms with Gasteiger partial charge >= 0.3 is 0 Å². The van der Waals surface area contributed by atoms with Crippen molar-refractivity contribution in [2.24, 2.45) is 11.5 Å². The highest BCUT2D eigenvalue weighted by molar-refractivity contribution is 7.80. The van der Waals surface area contributed by atoms with Gasteiger partial charge in [0.05, 0.1) is 4.99 Å². The summed E-state index contributed by atoms with van der Waals surface area (Å²) in [6.07, 6.45) is 0.662. The van der Waals surface area contributed by atoms with Crippen LogP contribution in [0.5, 0.6) is 0 Å². The Labute approximate surface area is 42.5 Å². The van der Waals surface area contributed by atoms with Gasteiger partial charge in [0.15, 0.2) is 0 Å². The molecule has 0 heterocycles. The van der Waals surface area contributed by atoms with E-state index in [1.54, 1.807) is 0 Å². The molecule has 0 bridgehead atoms. The van der Waals surface area contributed by atoms with Crippen LogP contribution in [0.3, 0.4) is 0 Å². The fourth-order valence-electron chi connectivity index (χ4n) is 0.142. The molecule has 0 aliphatic rings. The summed E-state index contributed by atoms with van der Waals surface area (Å²) in [5.41, 5.74) is 10.1. The highest BCUT2D eigenvalue weighted by Crippen LogP contribution is 1.69. The molecule has 2 nitrogen and oxygen atoms in total. The van der Waals surface area contributed by atoms with Crippen molar-refractivity contribution >= 4 is 17.2 Å². The summed E-state index contributed by atoms with van der Waals surface area (Å²) in [4.78, 5) is 0.498. The van der Waals surface area contributed by atoms with Gasteiger partial charge in [0, 0.05) is 6.42 Å². The predicted molar refractivity (Wildman–Crippen MR) is 30.5 cm³/mol. The van der Waals surface area contributed by atoms with Gasteiger partial charge in [-0.05, 0) is 6.54 Å². The summed E-state index contributed by atoms with van der Waals surface area (Å²) >= 11 is 4.49. The van der Waals surface area contributed by atoms with E-state index in [1.165, 1.54) is 0 Å². The summed E-state index contributed by atoms with van der Waals surface area (Å²) < 4.78 is 0. The van der Waals surface area contributed by atoms with Gasteiger partial charge in [-0.2, -0.15) is 0 Å². The molecule has 0 spiro atoms. The van der Waals surface area contributed by atoms with Crippen molar-refractivity contribution in [1.82, 2.24) is 0 Å². The largest absolute Gasteiger partial charge is 0.393 e. The van der Waals surface area contributed by atoms with Gasteiger partial charge in [-0.3, -0.25) is 0 Å². The van der Waals surface area contributed by atoms with Crippen LogP contribution in [0.4, 0.5) is 0 Å². The summed E-state index contributed by atoms with van der Waals surface area (Å²) in [5, 5.41) is 0. The molecule has 0 amide bonds. The lowest BCUT2D eigenvalue weighted by Gasteiger charge is -1.86. The molecule has 0 atom stereocenters. The third kappa shape index (κ3) is 3.85. The minimum atomic E-state index is 0.498. The first kappa shape index (κ1) is 5.85. The summed E-state index contributed by atoms with van der Waals surface area (Å²) in [5.74, 6) is 0. The molecule has 0 fully saturated rings. The molecule has 0 aromatic heterocycles. The van der Waals surface area contributed by atoms with Crippen LogP contribution in [-0.4, -0.2) is 11.5 Å². The average Bonchev–Trinajstić information content (AvgIpc) is 1.35. The second-order valence-electron chi connectivity index (χ2n) is 1.00. The van der Waals surface area contributed by atoms with E-state index in [0.717, 1.165) is 0 Å². The molecule has 0 rings (SSSR count). The number of nitrogens with two attached hydrogens (primary N) is 2. The molecular formula is C3H8N2S. The lowest BCUT2D eigenvalue weighted by molar-refractivity contribution is 1.05. The molecule has 6 heavy (non-hydrogen) atoms. The molecule has 0 aromatic carbocycles. The van der Waals surface area contributed by atoms with E-state index in [0.29, 0.717) is 18.0 Å². The molecule has 0 aliphatic carbocycles. The van der Waals surface area contributed by atoms with Gasteiger partial charge in [-0.15, -0.1) is 0 Å².